The van der Waals surface area contributed by atoms with Crippen molar-refractivity contribution in [1.29, 1.82) is 0 Å². The molecule has 3 aromatic rings. The first kappa shape index (κ1) is 20.6. The number of aryl methyl sites for hydroxylation is 1. The van der Waals surface area contributed by atoms with Gasteiger partial charge in [-0.3, -0.25) is 0 Å². The van der Waals surface area contributed by atoms with Crippen LogP contribution in [0.1, 0.15) is 50.7 Å². The highest BCUT2D eigenvalue weighted by Gasteiger charge is 2.15. The number of rotatable bonds is 9. The van der Waals surface area contributed by atoms with Gasteiger partial charge in [0.05, 0.1) is 6.61 Å². The molecule has 0 spiro atoms. The summed E-state index contributed by atoms with van der Waals surface area (Å²) < 4.78 is 5.94. The molecule has 5 nitrogen and oxygen atoms in total. The van der Waals surface area contributed by atoms with Crippen LogP contribution in [0.15, 0.2) is 30.3 Å². The third kappa shape index (κ3) is 4.83. The molecule has 3 rings (SSSR count). The Hall–Kier alpha value is -2.11. The predicted molar refractivity (Wildman–Crippen MR) is 113 cm³/mol. The van der Waals surface area contributed by atoms with Crippen molar-refractivity contribution in [2.75, 3.05) is 6.61 Å². The summed E-state index contributed by atoms with van der Waals surface area (Å²) in [6.45, 7) is 7.48. The van der Waals surface area contributed by atoms with Crippen molar-refractivity contribution in [2.24, 2.45) is 5.92 Å². The SMILES string of the molecule is CCCCC(CC)COCc1cc(C)cc(-n2nc3ccc(Cl)cc3n2)c1O. The van der Waals surface area contributed by atoms with E-state index in [0.717, 1.165) is 23.1 Å². The molecule has 28 heavy (non-hydrogen) atoms. The summed E-state index contributed by atoms with van der Waals surface area (Å²) in [6.07, 6.45) is 4.72. The highest BCUT2D eigenvalue weighted by Crippen LogP contribution is 2.29. The first-order valence-electron chi connectivity index (χ1n) is 9.95. The van der Waals surface area contributed by atoms with Crippen molar-refractivity contribution in [3.05, 3.63) is 46.5 Å². The molecule has 0 fully saturated rings. The number of halogens is 1. The summed E-state index contributed by atoms with van der Waals surface area (Å²) in [5.41, 5.74) is 3.73. The van der Waals surface area contributed by atoms with Crippen molar-refractivity contribution in [2.45, 2.75) is 53.1 Å². The van der Waals surface area contributed by atoms with Crippen molar-refractivity contribution in [3.63, 3.8) is 0 Å². The number of phenols is 1. The summed E-state index contributed by atoms with van der Waals surface area (Å²) in [7, 11) is 0. The molecule has 1 heterocycles. The van der Waals surface area contributed by atoms with E-state index < -0.39 is 0 Å². The van der Waals surface area contributed by atoms with Gasteiger partial charge in [0.25, 0.3) is 0 Å². The number of hydrogen-bond donors (Lipinski definition) is 1. The molecule has 0 bridgehead atoms. The molecule has 0 radical (unpaired) electrons. The monoisotopic (exact) mass is 401 g/mol. The number of unbranched alkanes of at least 4 members (excludes halogenated alkanes) is 1. The zero-order valence-electron chi connectivity index (χ0n) is 16.8. The van der Waals surface area contributed by atoms with E-state index in [0.29, 0.717) is 35.4 Å². The van der Waals surface area contributed by atoms with Gasteiger partial charge in [0.1, 0.15) is 22.5 Å². The van der Waals surface area contributed by atoms with E-state index in [9.17, 15) is 5.11 Å². The number of hydrogen-bond acceptors (Lipinski definition) is 4. The Kier molecular flexibility index (Phi) is 6.92. The van der Waals surface area contributed by atoms with Crippen LogP contribution in [0.25, 0.3) is 16.7 Å². The number of fused-ring (bicyclic) bond motifs is 1. The lowest BCUT2D eigenvalue weighted by molar-refractivity contribution is 0.0807. The normalized spacial score (nSPS) is 12.6. The standard InChI is InChI=1S/C22H28ClN3O2/c1-4-6-7-16(5-2)13-28-14-17-10-15(3)11-21(22(17)27)26-24-19-9-8-18(23)12-20(19)25-26/h8-12,16,27H,4-7,13-14H2,1-3H3. The quantitative estimate of drug-likeness (QED) is 0.490. The number of ether oxygens (including phenoxy) is 1. The highest BCUT2D eigenvalue weighted by atomic mass is 35.5. The van der Waals surface area contributed by atoms with Gasteiger partial charge in [-0.25, -0.2) is 0 Å². The van der Waals surface area contributed by atoms with Gasteiger partial charge in [0.15, 0.2) is 0 Å². The number of nitrogens with zero attached hydrogens (tertiary/aromatic N) is 3. The van der Waals surface area contributed by atoms with Crippen LogP contribution in [0.3, 0.4) is 0 Å². The maximum absolute atomic E-state index is 10.8. The fraction of sp³-hybridized carbons (Fsp3) is 0.455. The zero-order chi connectivity index (χ0) is 20.1. The molecule has 1 atom stereocenters. The third-order valence-corrected chi connectivity index (χ3v) is 5.26. The van der Waals surface area contributed by atoms with E-state index in [2.05, 4.69) is 24.0 Å². The summed E-state index contributed by atoms with van der Waals surface area (Å²) in [4.78, 5) is 1.46. The Morgan fingerprint density at radius 2 is 1.93 bits per heavy atom. The van der Waals surface area contributed by atoms with Gasteiger partial charge in [0.2, 0.25) is 0 Å². The lowest BCUT2D eigenvalue weighted by atomic mass is 10.0. The summed E-state index contributed by atoms with van der Waals surface area (Å²) >= 11 is 6.04. The summed E-state index contributed by atoms with van der Waals surface area (Å²) in [6, 6.07) is 9.18. The second kappa shape index (κ2) is 9.39. The Morgan fingerprint density at radius 1 is 1.14 bits per heavy atom. The van der Waals surface area contributed by atoms with Crippen LogP contribution < -0.4 is 0 Å². The second-order valence-electron chi connectivity index (χ2n) is 7.35. The first-order valence-corrected chi connectivity index (χ1v) is 10.3. The van der Waals surface area contributed by atoms with Gasteiger partial charge in [-0.15, -0.1) is 15.0 Å². The molecule has 0 aliphatic carbocycles. The van der Waals surface area contributed by atoms with Crippen molar-refractivity contribution >= 4 is 22.6 Å². The van der Waals surface area contributed by atoms with Gasteiger partial charge >= 0.3 is 0 Å². The molecule has 0 aliphatic heterocycles. The van der Waals surface area contributed by atoms with Crippen LogP contribution in [0.5, 0.6) is 5.75 Å². The van der Waals surface area contributed by atoms with Crippen LogP contribution in [-0.4, -0.2) is 26.7 Å². The van der Waals surface area contributed by atoms with E-state index in [1.165, 1.54) is 24.1 Å². The minimum Gasteiger partial charge on any atom is -0.505 e. The van der Waals surface area contributed by atoms with Gasteiger partial charge in [-0.1, -0.05) is 44.7 Å². The van der Waals surface area contributed by atoms with E-state index in [1.807, 2.05) is 25.1 Å². The van der Waals surface area contributed by atoms with Crippen molar-refractivity contribution in [1.82, 2.24) is 15.0 Å². The minimum atomic E-state index is 0.151. The summed E-state index contributed by atoms with van der Waals surface area (Å²) in [5, 5.41) is 20.3. The van der Waals surface area contributed by atoms with Gasteiger partial charge < -0.3 is 9.84 Å². The molecular formula is C22H28ClN3O2. The molecule has 1 N–H and O–H groups in total. The minimum absolute atomic E-state index is 0.151. The van der Waals surface area contributed by atoms with Gasteiger partial charge in [-0.2, -0.15) is 0 Å². The first-order chi connectivity index (χ1) is 13.5. The fourth-order valence-electron chi connectivity index (χ4n) is 3.32. The molecule has 2 aromatic carbocycles. The Labute approximate surface area is 171 Å². The molecule has 0 aliphatic rings. The molecule has 1 unspecified atom stereocenters. The maximum Gasteiger partial charge on any atom is 0.148 e. The number of benzene rings is 2. The number of aromatic hydroxyl groups is 1. The van der Waals surface area contributed by atoms with Crippen molar-refractivity contribution in [3.8, 4) is 11.4 Å². The van der Waals surface area contributed by atoms with Crippen LogP contribution in [0.2, 0.25) is 5.02 Å². The zero-order valence-corrected chi connectivity index (χ0v) is 17.5. The third-order valence-electron chi connectivity index (χ3n) is 5.03. The average Bonchev–Trinajstić information content (AvgIpc) is 3.09. The van der Waals surface area contributed by atoms with Crippen LogP contribution in [0.4, 0.5) is 0 Å². The van der Waals surface area contributed by atoms with Crippen molar-refractivity contribution < 1.29 is 9.84 Å². The second-order valence-corrected chi connectivity index (χ2v) is 7.78. The fourth-order valence-corrected chi connectivity index (χ4v) is 3.49. The number of aromatic nitrogens is 3. The lowest BCUT2D eigenvalue weighted by Gasteiger charge is -2.16. The molecule has 0 amide bonds. The van der Waals surface area contributed by atoms with Crippen LogP contribution >= 0.6 is 11.6 Å². The summed E-state index contributed by atoms with van der Waals surface area (Å²) in [5.74, 6) is 0.716. The smallest absolute Gasteiger partial charge is 0.148 e. The molecule has 1 aromatic heterocycles. The highest BCUT2D eigenvalue weighted by molar-refractivity contribution is 6.31. The van der Waals surface area contributed by atoms with Crippen LogP contribution in [0, 0.1) is 12.8 Å². The molecule has 150 valence electrons. The molecular weight excluding hydrogens is 374 g/mol. The Morgan fingerprint density at radius 3 is 2.68 bits per heavy atom. The van der Waals surface area contributed by atoms with Crippen LogP contribution in [-0.2, 0) is 11.3 Å². The molecule has 0 saturated heterocycles. The largest absolute Gasteiger partial charge is 0.505 e. The Balaban J connectivity index is 1.79. The van der Waals surface area contributed by atoms with E-state index in [4.69, 9.17) is 16.3 Å². The average molecular weight is 402 g/mol. The van der Waals surface area contributed by atoms with E-state index in [1.54, 1.807) is 12.1 Å². The Bertz CT molecular complexity index is 939. The molecule has 0 saturated carbocycles. The van der Waals surface area contributed by atoms with Gasteiger partial charge in [0, 0.05) is 17.2 Å². The van der Waals surface area contributed by atoms with Gasteiger partial charge in [-0.05, 0) is 55.2 Å². The lowest BCUT2D eigenvalue weighted by Crippen LogP contribution is -2.09. The number of phenolic OH excluding ortho intramolecular Hbond substituents is 1. The predicted octanol–water partition coefficient (Wildman–Crippen LogP) is 5.82. The van der Waals surface area contributed by atoms with E-state index >= 15 is 0 Å². The van der Waals surface area contributed by atoms with E-state index in [-0.39, 0.29) is 5.75 Å². The topological polar surface area (TPSA) is 60.2 Å². The molecule has 6 heteroatoms. The maximum atomic E-state index is 10.8.